The number of aryl methyl sites for hydroxylation is 1. The quantitative estimate of drug-likeness (QED) is 0.688. The van der Waals surface area contributed by atoms with Gasteiger partial charge in [0.2, 0.25) is 0 Å². The van der Waals surface area contributed by atoms with Crippen LogP contribution in [0.4, 0.5) is 26.1 Å². The first-order chi connectivity index (χ1) is 12.5. The molecule has 0 saturated heterocycles. The summed E-state index contributed by atoms with van der Waals surface area (Å²) in [6, 6.07) is 15.3. The van der Waals surface area contributed by atoms with E-state index < -0.39 is 11.6 Å². The Labute approximate surface area is 151 Å². The molecule has 0 aliphatic carbocycles. The van der Waals surface area contributed by atoms with Crippen molar-refractivity contribution in [1.29, 1.82) is 0 Å². The van der Waals surface area contributed by atoms with Crippen LogP contribution in [0.5, 0.6) is 0 Å². The van der Waals surface area contributed by atoms with Crippen molar-refractivity contribution >= 4 is 17.3 Å². The van der Waals surface area contributed by atoms with Crippen LogP contribution in [0.15, 0.2) is 54.6 Å². The zero-order chi connectivity index (χ0) is 18.5. The number of hydrogen-bond donors (Lipinski definition) is 1. The molecule has 1 N–H and O–H groups in total. The molecule has 0 aliphatic heterocycles. The first-order valence-electron chi connectivity index (χ1n) is 8.42. The molecule has 134 valence electrons. The second-order valence-corrected chi connectivity index (χ2v) is 5.91. The molecule has 0 spiro atoms. The van der Waals surface area contributed by atoms with Gasteiger partial charge in [0.15, 0.2) is 0 Å². The maximum Gasteiger partial charge on any atom is 0.149 e. The van der Waals surface area contributed by atoms with Gasteiger partial charge in [0.1, 0.15) is 29.1 Å². The van der Waals surface area contributed by atoms with Crippen molar-refractivity contribution in [2.75, 3.05) is 16.8 Å². The lowest BCUT2D eigenvalue weighted by Crippen LogP contribution is -2.23. The zero-order valence-corrected chi connectivity index (χ0v) is 14.7. The molecule has 1 heterocycles. The van der Waals surface area contributed by atoms with Gasteiger partial charge in [-0.15, -0.1) is 0 Å². The van der Waals surface area contributed by atoms with E-state index in [1.807, 2.05) is 25.1 Å². The summed E-state index contributed by atoms with van der Waals surface area (Å²) in [5.41, 5.74) is 1.34. The van der Waals surface area contributed by atoms with E-state index in [9.17, 15) is 8.78 Å². The molecule has 0 saturated carbocycles. The maximum atomic E-state index is 13.9. The predicted molar refractivity (Wildman–Crippen MR) is 99.6 cm³/mol. The van der Waals surface area contributed by atoms with Crippen LogP contribution in [0.25, 0.3) is 0 Å². The smallest absolute Gasteiger partial charge is 0.149 e. The van der Waals surface area contributed by atoms with Crippen LogP contribution in [0, 0.1) is 18.6 Å². The first kappa shape index (κ1) is 17.8. The van der Waals surface area contributed by atoms with Crippen molar-refractivity contribution in [3.05, 3.63) is 77.6 Å². The van der Waals surface area contributed by atoms with Gasteiger partial charge in [0.05, 0.1) is 5.69 Å². The Morgan fingerprint density at radius 2 is 1.77 bits per heavy atom. The van der Waals surface area contributed by atoms with E-state index >= 15 is 0 Å². The van der Waals surface area contributed by atoms with Crippen LogP contribution < -0.4 is 10.2 Å². The lowest BCUT2D eigenvalue weighted by molar-refractivity contribution is 0.586. The van der Waals surface area contributed by atoms with Gasteiger partial charge in [0, 0.05) is 25.2 Å². The van der Waals surface area contributed by atoms with Crippen molar-refractivity contribution in [2.24, 2.45) is 0 Å². The molecular formula is C20H20F2N4. The summed E-state index contributed by atoms with van der Waals surface area (Å²) in [5.74, 6) is 0.490. The Kier molecular flexibility index (Phi) is 5.41. The molecule has 0 unspecified atom stereocenters. The lowest BCUT2D eigenvalue weighted by atomic mass is 10.2. The second-order valence-electron chi connectivity index (χ2n) is 5.91. The molecule has 6 heteroatoms. The maximum absolute atomic E-state index is 13.9. The number of rotatable bonds is 6. The molecule has 26 heavy (non-hydrogen) atoms. The van der Waals surface area contributed by atoms with Gasteiger partial charge in [-0.3, -0.25) is 0 Å². The number of nitrogens with zero attached hydrogens (tertiary/aromatic N) is 3. The van der Waals surface area contributed by atoms with Gasteiger partial charge in [-0.05, 0) is 31.5 Å². The molecule has 1 aromatic heterocycles. The third-order valence-corrected chi connectivity index (χ3v) is 3.94. The van der Waals surface area contributed by atoms with Crippen LogP contribution in [0.3, 0.4) is 0 Å². The predicted octanol–water partition coefficient (Wildman–Crippen LogP) is 4.83. The highest BCUT2D eigenvalue weighted by atomic mass is 19.1. The Bertz CT molecular complexity index is 884. The monoisotopic (exact) mass is 354 g/mol. The molecule has 0 aliphatic rings. The van der Waals surface area contributed by atoms with E-state index in [-0.39, 0.29) is 5.69 Å². The fourth-order valence-corrected chi connectivity index (χ4v) is 2.67. The number of benzene rings is 2. The van der Waals surface area contributed by atoms with Crippen LogP contribution >= 0.6 is 0 Å². The first-order valence-corrected chi connectivity index (χ1v) is 8.42. The molecular weight excluding hydrogens is 334 g/mol. The summed E-state index contributed by atoms with van der Waals surface area (Å²) in [6.45, 7) is 5.30. The van der Waals surface area contributed by atoms with Crippen LogP contribution in [-0.2, 0) is 6.54 Å². The highest BCUT2D eigenvalue weighted by Gasteiger charge is 2.11. The Hall–Kier alpha value is -3.02. The topological polar surface area (TPSA) is 41.0 Å². The van der Waals surface area contributed by atoms with Gasteiger partial charge < -0.3 is 10.2 Å². The molecule has 4 nitrogen and oxygen atoms in total. The van der Waals surface area contributed by atoms with Crippen LogP contribution in [-0.4, -0.2) is 16.5 Å². The molecule has 3 aromatic rings. The highest BCUT2D eigenvalue weighted by Crippen LogP contribution is 2.23. The van der Waals surface area contributed by atoms with Crippen molar-refractivity contribution in [3.8, 4) is 0 Å². The van der Waals surface area contributed by atoms with Crippen LogP contribution in [0.2, 0.25) is 0 Å². The SMILES string of the molecule is CCN(Cc1ccccc1)c1cc(Nc2ccc(F)cc2F)nc(C)n1. The number of hydrogen-bond acceptors (Lipinski definition) is 4. The Morgan fingerprint density at radius 3 is 2.46 bits per heavy atom. The summed E-state index contributed by atoms with van der Waals surface area (Å²) >= 11 is 0. The number of halogens is 2. The lowest BCUT2D eigenvalue weighted by Gasteiger charge is -2.23. The second kappa shape index (κ2) is 7.91. The number of nitrogens with one attached hydrogen (secondary N) is 1. The van der Waals surface area contributed by atoms with Gasteiger partial charge >= 0.3 is 0 Å². The minimum absolute atomic E-state index is 0.168. The van der Waals surface area contributed by atoms with Crippen molar-refractivity contribution < 1.29 is 8.78 Å². The Morgan fingerprint density at radius 1 is 1.00 bits per heavy atom. The normalized spacial score (nSPS) is 10.6. The van der Waals surface area contributed by atoms with E-state index in [1.54, 1.807) is 13.0 Å². The minimum atomic E-state index is -0.667. The van der Waals surface area contributed by atoms with E-state index in [0.29, 0.717) is 18.2 Å². The molecule has 2 aromatic carbocycles. The number of anilines is 3. The highest BCUT2D eigenvalue weighted by molar-refractivity contribution is 5.60. The summed E-state index contributed by atoms with van der Waals surface area (Å²) in [4.78, 5) is 10.9. The molecule has 0 radical (unpaired) electrons. The summed E-state index contributed by atoms with van der Waals surface area (Å²) in [6.07, 6.45) is 0. The fraction of sp³-hybridized carbons (Fsp3) is 0.200. The molecule has 0 atom stereocenters. The molecule has 0 bridgehead atoms. The third kappa shape index (κ3) is 4.33. The zero-order valence-electron chi connectivity index (χ0n) is 14.7. The van der Waals surface area contributed by atoms with Gasteiger partial charge in [-0.2, -0.15) is 0 Å². The Balaban J connectivity index is 1.86. The van der Waals surface area contributed by atoms with Crippen molar-refractivity contribution in [2.45, 2.75) is 20.4 Å². The fourth-order valence-electron chi connectivity index (χ4n) is 2.67. The van der Waals surface area contributed by atoms with Crippen molar-refractivity contribution in [1.82, 2.24) is 9.97 Å². The average molecular weight is 354 g/mol. The van der Waals surface area contributed by atoms with E-state index in [0.717, 1.165) is 18.4 Å². The summed E-state index contributed by atoms with van der Waals surface area (Å²) < 4.78 is 27.0. The van der Waals surface area contributed by atoms with Gasteiger partial charge in [-0.1, -0.05) is 30.3 Å². The van der Waals surface area contributed by atoms with E-state index in [2.05, 4.69) is 32.3 Å². The van der Waals surface area contributed by atoms with Gasteiger partial charge in [-0.25, -0.2) is 18.7 Å². The van der Waals surface area contributed by atoms with Gasteiger partial charge in [0.25, 0.3) is 0 Å². The number of aromatic nitrogens is 2. The minimum Gasteiger partial charge on any atom is -0.352 e. The van der Waals surface area contributed by atoms with Crippen LogP contribution in [0.1, 0.15) is 18.3 Å². The molecule has 0 amide bonds. The summed E-state index contributed by atoms with van der Waals surface area (Å²) in [7, 11) is 0. The molecule has 3 rings (SSSR count). The average Bonchev–Trinajstić information content (AvgIpc) is 2.62. The molecule has 0 fully saturated rings. The van der Waals surface area contributed by atoms with Crippen molar-refractivity contribution in [3.63, 3.8) is 0 Å². The largest absolute Gasteiger partial charge is 0.352 e. The third-order valence-electron chi connectivity index (χ3n) is 3.94. The van der Waals surface area contributed by atoms with E-state index in [1.165, 1.54) is 17.7 Å². The summed E-state index contributed by atoms with van der Waals surface area (Å²) in [5, 5.41) is 2.90. The van der Waals surface area contributed by atoms with E-state index in [4.69, 9.17) is 0 Å². The standard InChI is InChI=1S/C20H20F2N4/c1-3-26(13-15-7-5-4-6-8-15)20-12-19(23-14(2)24-20)25-18-10-9-16(21)11-17(18)22/h4-12H,3,13H2,1-2H3,(H,23,24,25).